The summed E-state index contributed by atoms with van der Waals surface area (Å²) in [4.78, 5) is 26.1. The first-order valence-electron chi connectivity index (χ1n) is 2.82. The van der Waals surface area contributed by atoms with Crippen LogP contribution >= 0.6 is 0 Å². The topological polar surface area (TPSA) is 86.9 Å². The molecular weight excluding hydrogens is 148 g/mol. The zero-order valence-electron chi connectivity index (χ0n) is 5.50. The Kier molecular flexibility index (Phi) is 2.21. The van der Waals surface area contributed by atoms with E-state index < -0.39 is 0 Å². The molecule has 6 heteroatoms. The van der Waals surface area contributed by atoms with Gasteiger partial charge >= 0.3 is 0 Å². The number of carbonyl (C=O) groups is 2. The lowest BCUT2D eigenvalue weighted by Gasteiger charge is -1.89. The third kappa shape index (κ3) is 1.78. The van der Waals surface area contributed by atoms with Gasteiger partial charge in [-0.3, -0.25) is 14.9 Å². The summed E-state index contributed by atoms with van der Waals surface area (Å²) >= 11 is 0. The smallest absolute Gasteiger partial charge is 0.213 e. The van der Waals surface area contributed by atoms with Crippen LogP contribution in [0.3, 0.4) is 0 Å². The van der Waals surface area contributed by atoms with Gasteiger partial charge in [0, 0.05) is 0 Å². The number of rotatable bonds is 4. The Hall–Kier alpha value is -1.85. The molecule has 1 aromatic rings. The van der Waals surface area contributed by atoms with Crippen LogP contribution in [0.1, 0.15) is 0 Å². The molecule has 6 nitrogen and oxygen atoms in total. The molecule has 0 atom stereocenters. The standard InChI is InChI=1S/C5H6N4O2/c10-2-7-4-1-6-5(9-4)8-3-11/h1-3H,(H,7,10)(H2,6,8,9,11). The molecule has 1 rings (SSSR count). The molecule has 0 fully saturated rings. The number of H-pyrrole nitrogens is 1. The van der Waals surface area contributed by atoms with Crippen LogP contribution in [-0.2, 0) is 9.59 Å². The van der Waals surface area contributed by atoms with Gasteiger partial charge in [0.15, 0.2) is 0 Å². The van der Waals surface area contributed by atoms with Gasteiger partial charge in [-0.25, -0.2) is 4.98 Å². The molecule has 0 unspecified atom stereocenters. The second kappa shape index (κ2) is 3.35. The summed E-state index contributed by atoms with van der Waals surface area (Å²) in [7, 11) is 0. The van der Waals surface area contributed by atoms with E-state index in [0.29, 0.717) is 24.6 Å². The maximum absolute atomic E-state index is 9.89. The predicted molar refractivity (Wildman–Crippen MR) is 38.0 cm³/mol. The Morgan fingerprint density at radius 1 is 1.36 bits per heavy atom. The van der Waals surface area contributed by atoms with Gasteiger partial charge in [0.25, 0.3) is 0 Å². The molecule has 0 spiro atoms. The van der Waals surface area contributed by atoms with E-state index in [-0.39, 0.29) is 0 Å². The molecule has 0 aromatic carbocycles. The third-order valence-corrected chi connectivity index (χ3v) is 0.986. The first-order valence-corrected chi connectivity index (χ1v) is 2.82. The van der Waals surface area contributed by atoms with Gasteiger partial charge in [-0.1, -0.05) is 0 Å². The molecule has 58 valence electrons. The minimum Gasteiger partial charge on any atom is -0.314 e. The van der Waals surface area contributed by atoms with Crippen molar-refractivity contribution in [3.63, 3.8) is 0 Å². The molecule has 0 saturated carbocycles. The fourth-order valence-electron chi connectivity index (χ4n) is 0.587. The number of carbonyl (C=O) groups excluding carboxylic acids is 2. The highest BCUT2D eigenvalue weighted by Crippen LogP contribution is 2.04. The summed E-state index contributed by atoms with van der Waals surface area (Å²) < 4.78 is 0. The molecular formula is C5H6N4O2. The van der Waals surface area contributed by atoms with Crippen molar-refractivity contribution in [2.75, 3.05) is 10.6 Å². The van der Waals surface area contributed by atoms with Gasteiger partial charge in [0.1, 0.15) is 5.82 Å². The van der Waals surface area contributed by atoms with Crippen LogP contribution in [-0.4, -0.2) is 22.8 Å². The van der Waals surface area contributed by atoms with Crippen molar-refractivity contribution in [3.8, 4) is 0 Å². The molecule has 11 heavy (non-hydrogen) atoms. The van der Waals surface area contributed by atoms with E-state index in [4.69, 9.17) is 0 Å². The lowest BCUT2D eigenvalue weighted by molar-refractivity contribution is -0.106. The summed E-state index contributed by atoms with van der Waals surface area (Å²) in [5.41, 5.74) is 0. The summed E-state index contributed by atoms with van der Waals surface area (Å²) in [6.45, 7) is 0. The van der Waals surface area contributed by atoms with E-state index in [0.717, 1.165) is 0 Å². The van der Waals surface area contributed by atoms with E-state index in [1.165, 1.54) is 6.20 Å². The van der Waals surface area contributed by atoms with E-state index in [2.05, 4.69) is 20.6 Å². The maximum atomic E-state index is 9.89. The molecule has 3 N–H and O–H groups in total. The van der Waals surface area contributed by atoms with E-state index in [1.54, 1.807) is 0 Å². The maximum Gasteiger partial charge on any atom is 0.213 e. The summed E-state index contributed by atoms with van der Waals surface area (Å²) in [6.07, 6.45) is 2.39. The Balaban J connectivity index is 2.64. The van der Waals surface area contributed by atoms with Crippen molar-refractivity contribution in [1.82, 2.24) is 9.97 Å². The van der Waals surface area contributed by atoms with Gasteiger partial charge < -0.3 is 10.3 Å². The largest absolute Gasteiger partial charge is 0.314 e. The second-order valence-corrected chi connectivity index (χ2v) is 1.67. The van der Waals surface area contributed by atoms with Gasteiger partial charge in [0.05, 0.1) is 6.20 Å². The number of nitrogens with one attached hydrogen (secondary N) is 3. The third-order valence-electron chi connectivity index (χ3n) is 0.986. The Labute approximate surface area is 62.0 Å². The lowest BCUT2D eigenvalue weighted by atomic mass is 10.8. The number of hydrogen-bond acceptors (Lipinski definition) is 3. The second-order valence-electron chi connectivity index (χ2n) is 1.67. The average Bonchev–Trinajstić information content (AvgIpc) is 2.38. The monoisotopic (exact) mass is 154 g/mol. The van der Waals surface area contributed by atoms with Crippen LogP contribution in [0.4, 0.5) is 11.8 Å². The summed E-state index contributed by atoms with van der Waals surface area (Å²) in [5.74, 6) is 0.730. The highest BCUT2D eigenvalue weighted by molar-refractivity contribution is 5.71. The van der Waals surface area contributed by atoms with Crippen molar-refractivity contribution >= 4 is 24.6 Å². The van der Waals surface area contributed by atoms with Crippen LogP contribution in [0.15, 0.2) is 6.20 Å². The molecule has 0 bridgehead atoms. The molecule has 0 aliphatic heterocycles. The van der Waals surface area contributed by atoms with Crippen molar-refractivity contribution in [3.05, 3.63) is 6.20 Å². The van der Waals surface area contributed by atoms with E-state index in [9.17, 15) is 9.59 Å². The molecule has 0 aliphatic rings. The molecule has 1 heterocycles. The number of anilines is 2. The van der Waals surface area contributed by atoms with Gasteiger partial charge in [-0.2, -0.15) is 0 Å². The molecule has 0 aliphatic carbocycles. The number of amides is 2. The molecule has 1 aromatic heterocycles. The number of aromatic nitrogens is 2. The van der Waals surface area contributed by atoms with Crippen molar-refractivity contribution < 1.29 is 9.59 Å². The van der Waals surface area contributed by atoms with Gasteiger partial charge in [0.2, 0.25) is 18.8 Å². The van der Waals surface area contributed by atoms with Crippen LogP contribution in [0, 0.1) is 0 Å². The zero-order valence-corrected chi connectivity index (χ0v) is 5.50. The fraction of sp³-hybridized carbons (Fsp3) is 0. The summed E-state index contributed by atoms with van der Waals surface area (Å²) in [6, 6.07) is 0. The minimum absolute atomic E-state index is 0.296. The Morgan fingerprint density at radius 2 is 2.09 bits per heavy atom. The number of nitrogens with zero attached hydrogens (tertiary/aromatic N) is 1. The Morgan fingerprint density at radius 3 is 2.73 bits per heavy atom. The number of aromatic amines is 1. The molecule has 0 saturated heterocycles. The number of hydrogen-bond donors (Lipinski definition) is 3. The fourth-order valence-corrected chi connectivity index (χ4v) is 0.587. The van der Waals surface area contributed by atoms with Crippen molar-refractivity contribution in [2.24, 2.45) is 0 Å². The minimum atomic E-state index is 0.296. The highest BCUT2D eigenvalue weighted by Gasteiger charge is 1.95. The quantitative estimate of drug-likeness (QED) is 0.513. The Bertz CT molecular complexity index is 232. The first-order chi connectivity index (χ1) is 5.36. The average molecular weight is 154 g/mol. The highest BCUT2D eigenvalue weighted by atomic mass is 16.1. The van der Waals surface area contributed by atoms with Crippen LogP contribution in [0.5, 0.6) is 0 Å². The van der Waals surface area contributed by atoms with Crippen molar-refractivity contribution in [2.45, 2.75) is 0 Å². The normalized spacial score (nSPS) is 8.73. The van der Waals surface area contributed by atoms with Gasteiger partial charge in [-0.15, -0.1) is 0 Å². The van der Waals surface area contributed by atoms with E-state index >= 15 is 0 Å². The van der Waals surface area contributed by atoms with Crippen LogP contribution < -0.4 is 10.6 Å². The van der Waals surface area contributed by atoms with Gasteiger partial charge in [-0.05, 0) is 0 Å². The predicted octanol–water partition coefficient (Wildman–Crippen LogP) is -0.454. The molecule has 2 amide bonds. The van der Waals surface area contributed by atoms with Crippen molar-refractivity contribution in [1.29, 1.82) is 0 Å². The first kappa shape index (κ1) is 7.26. The van der Waals surface area contributed by atoms with Crippen LogP contribution in [0.2, 0.25) is 0 Å². The molecule has 0 radical (unpaired) electrons. The summed E-state index contributed by atoms with van der Waals surface area (Å²) in [5, 5.41) is 4.61. The zero-order chi connectivity index (χ0) is 8.10. The SMILES string of the molecule is O=CNc1cnc(NC=O)[nH]1. The van der Waals surface area contributed by atoms with Crippen LogP contribution in [0.25, 0.3) is 0 Å². The lowest BCUT2D eigenvalue weighted by Crippen LogP contribution is -1.96. The number of imidazole rings is 1. The van der Waals surface area contributed by atoms with E-state index in [1.807, 2.05) is 0 Å².